The minimum Gasteiger partial charge on any atom is -0.392 e. The van der Waals surface area contributed by atoms with Crippen molar-refractivity contribution in [2.24, 2.45) is 11.7 Å². The topological polar surface area (TPSA) is 72.2 Å². The fourth-order valence-electron chi connectivity index (χ4n) is 1.94. The quantitative estimate of drug-likeness (QED) is 0.661. The molecule has 1 rings (SSSR count). The van der Waals surface area contributed by atoms with Gasteiger partial charge in [-0.1, -0.05) is 38.9 Å². The molecule has 0 spiro atoms. The lowest BCUT2D eigenvalue weighted by Crippen LogP contribution is -2.45. The first-order valence-corrected chi connectivity index (χ1v) is 8.16. The Bertz CT molecular complexity index is 364. The van der Waals surface area contributed by atoms with Crippen molar-refractivity contribution in [2.75, 3.05) is 0 Å². The maximum atomic E-state index is 12.1. The van der Waals surface area contributed by atoms with Crippen LogP contribution in [0.5, 0.6) is 0 Å². The SMILES string of the molecule is CCC(CC1CC1)NS(=O)(=O)C(CC)C(N)=S. The van der Waals surface area contributed by atoms with Crippen LogP contribution >= 0.6 is 12.2 Å². The summed E-state index contributed by atoms with van der Waals surface area (Å²) >= 11 is 4.81. The van der Waals surface area contributed by atoms with Crippen LogP contribution < -0.4 is 10.5 Å². The summed E-state index contributed by atoms with van der Waals surface area (Å²) in [6.45, 7) is 3.78. The zero-order valence-corrected chi connectivity index (χ0v) is 12.1. The van der Waals surface area contributed by atoms with Crippen LogP contribution in [0.3, 0.4) is 0 Å². The van der Waals surface area contributed by atoms with Crippen molar-refractivity contribution < 1.29 is 8.42 Å². The number of nitrogens with one attached hydrogen (secondary N) is 1. The molecule has 1 aliphatic rings. The molecule has 0 heterocycles. The summed E-state index contributed by atoms with van der Waals surface area (Å²) in [6, 6.07) is 0.0240. The fraction of sp³-hybridized carbons (Fsp3) is 0.909. The van der Waals surface area contributed by atoms with Crippen LogP contribution in [0.2, 0.25) is 0 Å². The third kappa shape index (κ3) is 4.52. The molecule has 0 aromatic heterocycles. The predicted molar refractivity (Wildman–Crippen MR) is 74.3 cm³/mol. The van der Waals surface area contributed by atoms with Gasteiger partial charge in [0.2, 0.25) is 10.0 Å². The summed E-state index contributed by atoms with van der Waals surface area (Å²) in [6.07, 6.45) is 4.62. The van der Waals surface area contributed by atoms with Crippen LogP contribution in [0.1, 0.15) is 46.0 Å². The first-order valence-electron chi connectivity index (χ1n) is 6.21. The summed E-state index contributed by atoms with van der Waals surface area (Å²) < 4.78 is 26.9. The molecule has 0 bridgehead atoms. The Morgan fingerprint density at radius 2 is 2.00 bits per heavy atom. The van der Waals surface area contributed by atoms with Crippen molar-refractivity contribution >= 4 is 27.2 Å². The third-order valence-corrected chi connectivity index (χ3v) is 5.63. The summed E-state index contributed by atoms with van der Waals surface area (Å²) in [4.78, 5) is 0.0567. The Balaban J connectivity index is 2.64. The summed E-state index contributed by atoms with van der Waals surface area (Å²) in [5.74, 6) is 0.701. The molecule has 1 saturated carbocycles. The first kappa shape index (κ1) is 14.9. The molecular weight excluding hydrogens is 256 g/mol. The van der Waals surface area contributed by atoms with Gasteiger partial charge in [0, 0.05) is 6.04 Å². The summed E-state index contributed by atoms with van der Waals surface area (Å²) in [5, 5.41) is -0.745. The Hall–Kier alpha value is -0.200. The highest BCUT2D eigenvalue weighted by Crippen LogP contribution is 2.34. The van der Waals surface area contributed by atoms with E-state index in [2.05, 4.69) is 4.72 Å². The predicted octanol–water partition coefficient (Wildman–Crippen LogP) is 1.55. The second-order valence-corrected chi connectivity index (χ2v) is 7.11. The maximum absolute atomic E-state index is 12.1. The van der Waals surface area contributed by atoms with Crippen molar-refractivity contribution in [3.8, 4) is 0 Å². The highest BCUT2D eigenvalue weighted by molar-refractivity contribution is 7.93. The van der Waals surface area contributed by atoms with Gasteiger partial charge in [-0.25, -0.2) is 13.1 Å². The highest BCUT2D eigenvalue weighted by Gasteiger charge is 2.31. The molecule has 17 heavy (non-hydrogen) atoms. The lowest BCUT2D eigenvalue weighted by Gasteiger charge is -2.21. The van der Waals surface area contributed by atoms with Gasteiger partial charge in [-0.3, -0.25) is 0 Å². The molecule has 2 atom stereocenters. The van der Waals surface area contributed by atoms with Crippen molar-refractivity contribution in [3.63, 3.8) is 0 Å². The molecule has 6 heteroatoms. The average molecular weight is 278 g/mol. The molecule has 3 N–H and O–H groups in total. The maximum Gasteiger partial charge on any atom is 0.221 e. The van der Waals surface area contributed by atoms with E-state index in [0.717, 1.165) is 12.8 Å². The smallest absolute Gasteiger partial charge is 0.221 e. The molecule has 1 fully saturated rings. The van der Waals surface area contributed by atoms with Crippen LogP contribution in [0, 0.1) is 5.92 Å². The van der Waals surface area contributed by atoms with E-state index in [1.54, 1.807) is 6.92 Å². The third-order valence-electron chi connectivity index (χ3n) is 3.20. The molecule has 2 unspecified atom stereocenters. The second-order valence-electron chi connectivity index (χ2n) is 4.75. The molecule has 4 nitrogen and oxygen atoms in total. The number of rotatable bonds is 8. The van der Waals surface area contributed by atoms with Crippen molar-refractivity contribution in [1.82, 2.24) is 4.72 Å². The second kappa shape index (κ2) is 6.11. The standard InChI is InChI=1S/C11H22N2O2S2/c1-3-9(7-8-5-6-8)13-17(14,15)10(4-2)11(12)16/h8-10,13H,3-7H2,1-2H3,(H2,12,16). The van der Waals surface area contributed by atoms with E-state index >= 15 is 0 Å². The lowest BCUT2D eigenvalue weighted by atomic mass is 10.1. The van der Waals surface area contributed by atoms with Gasteiger partial charge in [0.15, 0.2) is 0 Å². The largest absolute Gasteiger partial charge is 0.392 e. The van der Waals surface area contributed by atoms with Crippen LogP contribution in [0.25, 0.3) is 0 Å². The fourth-order valence-corrected chi connectivity index (χ4v) is 4.13. The van der Waals surface area contributed by atoms with E-state index in [4.69, 9.17) is 18.0 Å². The lowest BCUT2D eigenvalue weighted by molar-refractivity contribution is 0.492. The van der Waals surface area contributed by atoms with E-state index < -0.39 is 15.3 Å². The zero-order valence-electron chi connectivity index (χ0n) is 10.5. The van der Waals surface area contributed by atoms with Gasteiger partial charge in [0.1, 0.15) is 5.25 Å². The van der Waals surface area contributed by atoms with E-state index in [1.165, 1.54) is 12.8 Å². The number of sulfonamides is 1. The van der Waals surface area contributed by atoms with Gasteiger partial charge in [0.25, 0.3) is 0 Å². The van der Waals surface area contributed by atoms with Gasteiger partial charge in [-0.05, 0) is 25.2 Å². The van der Waals surface area contributed by atoms with Crippen molar-refractivity contribution in [3.05, 3.63) is 0 Å². The van der Waals surface area contributed by atoms with E-state index in [9.17, 15) is 8.42 Å². The first-order chi connectivity index (χ1) is 7.90. The molecule has 0 aromatic carbocycles. The Morgan fingerprint density at radius 3 is 2.35 bits per heavy atom. The summed E-state index contributed by atoms with van der Waals surface area (Å²) in [7, 11) is -3.42. The minimum absolute atomic E-state index is 0.0240. The number of nitrogens with two attached hydrogens (primary N) is 1. The Morgan fingerprint density at radius 1 is 1.41 bits per heavy atom. The molecule has 0 amide bonds. The zero-order chi connectivity index (χ0) is 13.1. The molecule has 0 aliphatic heterocycles. The van der Waals surface area contributed by atoms with Gasteiger partial charge in [-0.15, -0.1) is 0 Å². The van der Waals surface area contributed by atoms with Gasteiger partial charge in [0.05, 0.1) is 4.99 Å². The number of thiocarbonyl (C=S) groups is 1. The van der Waals surface area contributed by atoms with Crippen LogP contribution in [0.4, 0.5) is 0 Å². The molecule has 1 aliphatic carbocycles. The normalized spacial score (nSPS) is 19.9. The molecule has 100 valence electrons. The van der Waals surface area contributed by atoms with Crippen LogP contribution in [-0.2, 0) is 10.0 Å². The molecular formula is C11H22N2O2S2. The highest BCUT2D eigenvalue weighted by atomic mass is 32.2. The van der Waals surface area contributed by atoms with E-state index in [-0.39, 0.29) is 11.0 Å². The monoisotopic (exact) mass is 278 g/mol. The Labute approximate surface area is 109 Å². The Kier molecular flexibility index (Phi) is 5.34. The van der Waals surface area contributed by atoms with E-state index in [1.807, 2.05) is 6.92 Å². The number of hydrogen-bond acceptors (Lipinski definition) is 3. The average Bonchev–Trinajstić information content (AvgIpc) is 3.00. The van der Waals surface area contributed by atoms with Crippen LogP contribution in [0.15, 0.2) is 0 Å². The molecule has 0 radical (unpaired) electrons. The van der Waals surface area contributed by atoms with Gasteiger partial charge < -0.3 is 5.73 Å². The van der Waals surface area contributed by atoms with Gasteiger partial charge in [-0.2, -0.15) is 0 Å². The molecule has 0 aromatic rings. The van der Waals surface area contributed by atoms with Gasteiger partial charge >= 0.3 is 0 Å². The minimum atomic E-state index is -3.42. The number of hydrogen-bond donors (Lipinski definition) is 2. The van der Waals surface area contributed by atoms with Crippen molar-refractivity contribution in [1.29, 1.82) is 0 Å². The van der Waals surface area contributed by atoms with Crippen molar-refractivity contribution in [2.45, 2.75) is 57.2 Å². The van der Waals surface area contributed by atoms with Crippen LogP contribution in [-0.4, -0.2) is 24.7 Å². The summed E-state index contributed by atoms with van der Waals surface area (Å²) in [5.41, 5.74) is 5.48. The molecule has 0 saturated heterocycles. The van der Waals surface area contributed by atoms with E-state index in [0.29, 0.717) is 12.3 Å².